The van der Waals surface area contributed by atoms with Gasteiger partial charge in [-0.2, -0.15) is 0 Å². The van der Waals surface area contributed by atoms with Gasteiger partial charge in [0.05, 0.1) is 6.26 Å². The maximum absolute atomic E-state index is 5.41. The first-order valence-electron chi connectivity index (χ1n) is 2.59. The third-order valence-electron chi connectivity index (χ3n) is 1.03. The van der Waals surface area contributed by atoms with Crippen molar-refractivity contribution in [3.8, 4) is 12.3 Å². The molecule has 2 heteroatoms. The molecule has 0 aliphatic heterocycles. The van der Waals surface area contributed by atoms with E-state index < -0.39 is 6.04 Å². The summed E-state index contributed by atoms with van der Waals surface area (Å²) < 4.78 is 4.92. The Morgan fingerprint density at radius 2 is 2.56 bits per heavy atom. The second kappa shape index (κ2) is 2.38. The van der Waals surface area contributed by atoms with Crippen LogP contribution in [0.2, 0.25) is 0 Å². The fourth-order valence-electron chi connectivity index (χ4n) is 0.550. The van der Waals surface area contributed by atoms with Gasteiger partial charge >= 0.3 is 0 Å². The first-order chi connectivity index (χ1) is 4.34. The molecule has 0 amide bonds. The van der Waals surface area contributed by atoms with Gasteiger partial charge in [-0.15, -0.1) is 6.42 Å². The molecule has 0 aliphatic carbocycles. The fourth-order valence-corrected chi connectivity index (χ4v) is 0.550. The zero-order valence-corrected chi connectivity index (χ0v) is 4.87. The molecule has 1 atom stereocenters. The summed E-state index contributed by atoms with van der Waals surface area (Å²) in [5.41, 5.74) is 5.41. The molecule has 1 heterocycles. The molecule has 2 nitrogen and oxygen atoms in total. The molecule has 1 aromatic heterocycles. The molecule has 2 N–H and O–H groups in total. The van der Waals surface area contributed by atoms with E-state index in [2.05, 4.69) is 5.92 Å². The minimum absolute atomic E-state index is 0.403. The molecule has 46 valence electrons. The Labute approximate surface area is 53.7 Å². The van der Waals surface area contributed by atoms with Crippen LogP contribution in [0, 0.1) is 12.3 Å². The Balaban J connectivity index is 2.80. The molecule has 9 heavy (non-hydrogen) atoms. The molecule has 1 unspecified atom stereocenters. The van der Waals surface area contributed by atoms with E-state index in [4.69, 9.17) is 16.6 Å². The van der Waals surface area contributed by atoms with Crippen LogP contribution in [-0.4, -0.2) is 0 Å². The maximum Gasteiger partial charge on any atom is 0.132 e. The lowest BCUT2D eigenvalue weighted by atomic mass is 10.2. The second-order valence-electron chi connectivity index (χ2n) is 1.66. The third-order valence-corrected chi connectivity index (χ3v) is 1.03. The average Bonchev–Trinajstić information content (AvgIpc) is 2.37. The monoisotopic (exact) mass is 121 g/mol. The zero-order valence-electron chi connectivity index (χ0n) is 4.87. The number of hydrogen-bond donors (Lipinski definition) is 1. The van der Waals surface area contributed by atoms with Crippen LogP contribution in [0.15, 0.2) is 22.8 Å². The van der Waals surface area contributed by atoms with Crippen LogP contribution in [0.1, 0.15) is 11.8 Å². The minimum atomic E-state index is -0.403. The number of rotatable bonds is 1. The molecular weight excluding hydrogens is 114 g/mol. The summed E-state index contributed by atoms with van der Waals surface area (Å²) in [5, 5.41) is 0. The van der Waals surface area contributed by atoms with Crippen LogP contribution in [0.5, 0.6) is 0 Å². The number of nitrogens with two attached hydrogens (primary N) is 1. The molecule has 0 fully saturated rings. The predicted octanol–water partition coefficient (Wildman–Crippen LogP) is 0.913. The molecule has 0 spiro atoms. The van der Waals surface area contributed by atoms with E-state index in [1.165, 1.54) is 0 Å². The first-order valence-corrected chi connectivity index (χ1v) is 2.59. The van der Waals surface area contributed by atoms with Crippen molar-refractivity contribution in [2.24, 2.45) is 5.73 Å². The summed E-state index contributed by atoms with van der Waals surface area (Å²) in [4.78, 5) is 0. The highest BCUT2D eigenvalue weighted by atomic mass is 16.3. The average molecular weight is 121 g/mol. The lowest BCUT2D eigenvalue weighted by Gasteiger charge is -1.95. The van der Waals surface area contributed by atoms with E-state index in [1.807, 2.05) is 0 Å². The third kappa shape index (κ3) is 1.13. The van der Waals surface area contributed by atoms with Gasteiger partial charge in [-0.3, -0.25) is 0 Å². The van der Waals surface area contributed by atoms with E-state index in [1.54, 1.807) is 18.4 Å². The lowest BCUT2D eigenvalue weighted by Crippen LogP contribution is -2.05. The van der Waals surface area contributed by atoms with Crippen molar-refractivity contribution in [3.05, 3.63) is 24.2 Å². The molecule has 1 aromatic rings. The van der Waals surface area contributed by atoms with E-state index in [0.717, 1.165) is 0 Å². The van der Waals surface area contributed by atoms with Crippen LogP contribution < -0.4 is 5.73 Å². The summed E-state index contributed by atoms with van der Waals surface area (Å²) in [7, 11) is 0. The molecule has 0 bridgehead atoms. The van der Waals surface area contributed by atoms with Crippen molar-refractivity contribution in [2.75, 3.05) is 0 Å². The molecule has 0 radical (unpaired) electrons. The van der Waals surface area contributed by atoms with Crippen LogP contribution in [-0.2, 0) is 0 Å². The van der Waals surface area contributed by atoms with Gasteiger partial charge in [-0.1, -0.05) is 5.92 Å². The van der Waals surface area contributed by atoms with Gasteiger partial charge in [-0.05, 0) is 12.1 Å². The van der Waals surface area contributed by atoms with Crippen LogP contribution >= 0.6 is 0 Å². The van der Waals surface area contributed by atoms with Gasteiger partial charge in [0.1, 0.15) is 11.8 Å². The summed E-state index contributed by atoms with van der Waals surface area (Å²) in [6.07, 6.45) is 6.58. The Morgan fingerprint density at radius 1 is 1.78 bits per heavy atom. The summed E-state index contributed by atoms with van der Waals surface area (Å²) in [6.45, 7) is 0. The van der Waals surface area contributed by atoms with Gasteiger partial charge in [0.25, 0.3) is 0 Å². The smallest absolute Gasteiger partial charge is 0.132 e. The summed E-state index contributed by atoms with van der Waals surface area (Å²) in [6, 6.07) is 3.11. The van der Waals surface area contributed by atoms with Crippen molar-refractivity contribution in [1.29, 1.82) is 0 Å². The largest absolute Gasteiger partial charge is 0.467 e. The predicted molar refractivity (Wildman–Crippen MR) is 34.5 cm³/mol. The van der Waals surface area contributed by atoms with Crippen molar-refractivity contribution in [2.45, 2.75) is 6.04 Å². The highest BCUT2D eigenvalue weighted by Crippen LogP contribution is 2.07. The molecule has 0 aromatic carbocycles. The van der Waals surface area contributed by atoms with Crippen molar-refractivity contribution >= 4 is 0 Å². The van der Waals surface area contributed by atoms with Crippen molar-refractivity contribution in [1.82, 2.24) is 0 Å². The maximum atomic E-state index is 5.41. The fraction of sp³-hybridized carbons (Fsp3) is 0.143. The summed E-state index contributed by atoms with van der Waals surface area (Å²) >= 11 is 0. The quantitative estimate of drug-likeness (QED) is 0.561. The van der Waals surface area contributed by atoms with E-state index in [-0.39, 0.29) is 0 Å². The summed E-state index contributed by atoms with van der Waals surface area (Å²) in [5.74, 6) is 2.99. The topological polar surface area (TPSA) is 39.2 Å². The van der Waals surface area contributed by atoms with Gasteiger partial charge in [0, 0.05) is 0 Å². The van der Waals surface area contributed by atoms with Crippen LogP contribution in [0.4, 0.5) is 0 Å². The Hall–Kier alpha value is -1.20. The Kier molecular flexibility index (Phi) is 1.57. The van der Waals surface area contributed by atoms with E-state index >= 15 is 0 Å². The van der Waals surface area contributed by atoms with E-state index in [0.29, 0.717) is 5.76 Å². The number of terminal acetylenes is 1. The van der Waals surface area contributed by atoms with Crippen molar-refractivity contribution < 1.29 is 4.42 Å². The highest BCUT2D eigenvalue weighted by Gasteiger charge is 2.01. The molecule has 0 saturated carbocycles. The van der Waals surface area contributed by atoms with Gasteiger partial charge in [0.15, 0.2) is 0 Å². The first kappa shape index (κ1) is 5.93. The molecule has 0 saturated heterocycles. The Bertz CT molecular complexity index is 207. The van der Waals surface area contributed by atoms with Gasteiger partial charge in [0.2, 0.25) is 0 Å². The van der Waals surface area contributed by atoms with Gasteiger partial charge < -0.3 is 10.2 Å². The van der Waals surface area contributed by atoms with Crippen LogP contribution in [0.3, 0.4) is 0 Å². The number of furan rings is 1. The number of hydrogen-bond acceptors (Lipinski definition) is 2. The lowest BCUT2D eigenvalue weighted by molar-refractivity contribution is 0.498. The van der Waals surface area contributed by atoms with E-state index in [9.17, 15) is 0 Å². The highest BCUT2D eigenvalue weighted by molar-refractivity contribution is 5.13. The SMILES string of the molecule is C#CC(N)c1ccco1. The molecule has 0 aliphatic rings. The Morgan fingerprint density at radius 3 is 3.00 bits per heavy atom. The van der Waals surface area contributed by atoms with Crippen molar-refractivity contribution in [3.63, 3.8) is 0 Å². The van der Waals surface area contributed by atoms with Crippen LogP contribution in [0.25, 0.3) is 0 Å². The van der Waals surface area contributed by atoms with Gasteiger partial charge in [-0.25, -0.2) is 0 Å². The molecule has 1 rings (SSSR count). The zero-order chi connectivity index (χ0) is 6.69. The molecular formula is C7H7NO. The standard InChI is InChI=1S/C7H7NO/c1-2-6(8)7-4-3-5-9-7/h1,3-6H,8H2. The minimum Gasteiger partial charge on any atom is -0.467 e. The second-order valence-corrected chi connectivity index (χ2v) is 1.66. The normalized spacial score (nSPS) is 12.4.